The summed E-state index contributed by atoms with van der Waals surface area (Å²) in [5, 5.41) is 60.6. The third-order valence-electron chi connectivity index (χ3n) is 5.62. The molecule has 0 saturated carbocycles. The van der Waals surface area contributed by atoms with Crippen molar-refractivity contribution in [2.75, 3.05) is 85.2 Å². The van der Waals surface area contributed by atoms with Gasteiger partial charge in [-0.25, -0.2) is 4.79 Å². The zero-order chi connectivity index (χ0) is 23.4. The summed E-state index contributed by atoms with van der Waals surface area (Å²) in [7, 11) is 0. The van der Waals surface area contributed by atoms with Gasteiger partial charge in [-0.1, -0.05) is 0 Å². The molecular weight excluding hydrogens is 416 g/mol. The molecule has 1 aliphatic heterocycles. The molecule has 31 heavy (non-hydrogen) atoms. The first-order valence-electron chi connectivity index (χ1n) is 10.2. The number of rotatable bonds is 10. The van der Waals surface area contributed by atoms with Crippen LogP contribution in [0.2, 0.25) is 0 Å². The van der Waals surface area contributed by atoms with E-state index in [9.17, 15) is 39.9 Å². The van der Waals surface area contributed by atoms with Gasteiger partial charge in [0.15, 0.2) is 6.54 Å². The van der Waals surface area contributed by atoms with Crippen LogP contribution in [-0.4, -0.2) is 160 Å². The fraction of sp³-hybridized carbons (Fsp3) is 0.833. The van der Waals surface area contributed by atoms with E-state index in [1.165, 1.54) is 0 Å². The van der Waals surface area contributed by atoms with Crippen molar-refractivity contribution in [1.29, 1.82) is 0 Å². The van der Waals surface area contributed by atoms with E-state index in [1.807, 2.05) is 0 Å². The Hall–Kier alpha value is -1.87. The second-order valence-corrected chi connectivity index (χ2v) is 7.81. The third-order valence-corrected chi connectivity index (χ3v) is 5.62. The number of hydrogen-bond acceptors (Lipinski definition) is 9. The molecule has 0 aromatic carbocycles. The minimum absolute atomic E-state index is 0.114. The molecule has 13 heteroatoms. The Morgan fingerprint density at radius 1 is 0.806 bits per heavy atom. The molecule has 0 aliphatic carbocycles. The predicted octanol–water partition coefficient (Wildman–Crippen LogP) is -4.02. The second-order valence-electron chi connectivity index (χ2n) is 7.81. The van der Waals surface area contributed by atoms with Gasteiger partial charge in [0, 0.05) is 39.3 Å². The van der Waals surface area contributed by atoms with Crippen molar-refractivity contribution >= 4 is 17.9 Å². The first-order chi connectivity index (χ1) is 14.6. The minimum atomic E-state index is -1.35. The van der Waals surface area contributed by atoms with Gasteiger partial charge >= 0.3 is 17.9 Å². The Bertz CT molecular complexity index is 594. The fourth-order valence-electron chi connectivity index (χ4n) is 3.98. The number of quaternary nitrogens is 1. The number of carboxylic acids is 3. The molecule has 1 saturated heterocycles. The Morgan fingerprint density at radius 2 is 1.39 bits per heavy atom. The van der Waals surface area contributed by atoms with Crippen LogP contribution in [0.3, 0.4) is 0 Å². The van der Waals surface area contributed by atoms with E-state index in [0.29, 0.717) is 26.2 Å². The van der Waals surface area contributed by atoms with Crippen molar-refractivity contribution in [3.8, 4) is 0 Å². The molecule has 7 N–H and O–H groups in total. The molecule has 1 aliphatic rings. The molecule has 3 atom stereocenters. The molecule has 0 aromatic rings. The van der Waals surface area contributed by atoms with Crippen molar-refractivity contribution < 1.29 is 49.5 Å². The van der Waals surface area contributed by atoms with Gasteiger partial charge in [-0.05, 0) is 0 Å². The van der Waals surface area contributed by atoms with Crippen LogP contribution in [-0.2, 0) is 14.4 Å². The second kappa shape index (κ2) is 13.5. The van der Waals surface area contributed by atoms with E-state index >= 15 is 0 Å². The van der Waals surface area contributed by atoms with Crippen molar-refractivity contribution in [2.24, 2.45) is 0 Å². The van der Waals surface area contributed by atoms with E-state index in [0.717, 1.165) is 0 Å². The zero-order valence-corrected chi connectivity index (χ0v) is 17.6. The predicted molar refractivity (Wildman–Crippen MR) is 107 cm³/mol. The molecule has 13 nitrogen and oxygen atoms in total. The number of carbonyl (C=O) groups is 3. The number of aliphatic hydroxyl groups excluding tert-OH is 3. The Kier molecular flexibility index (Phi) is 11.8. The maximum Gasteiger partial charge on any atom is 0.359 e. The van der Waals surface area contributed by atoms with Gasteiger partial charge in [0.1, 0.15) is 12.1 Å². The average molecular weight is 451 g/mol. The van der Waals surface area contributed by atoms with Crippen LogP contribution in [0.1, 0.15) is 0 Å². The summed E-state index contributed by atoms with van der Waals surface area (Å²) in [5.74, 6) is -3.21. The third kappa shape index (κ3) is 9.43. The lowest BCUT2D eigenvalue weighted by molar-refractivity contribution is -0.947. The van der Waals surface area contributed by atoms with Gasteiger partial charge in [0.05, 0.1) is 39.4 Å². The van der Waals surface area contributed by atoms with Crippen LogP contribution in [0.5, 0.6) is 0 Å². The summed E-state index contributed by atoms with van der Waals surface area (Å²) in [6.45, 7) is 0.0310. The highest BCUT2D eigenvalue weighted by Crippen LogP contribution is 2.18. The summed E-state index contributed by atoms with van der Waals surface area (Å²) in [6.07, 6.45) is -1.35. The van der Waals surface area contributed by atoms with Crippen LogP contribution in [0.25, 0.3) is 0 Å². The Balaban J connectivity index is 3.17. The quantitative estimate of drug-likeness (QED) is 0.159. The van der Waals surface area contributed by atoms with Crippen LogP contribution in [0.15, 0.2) is 0 Å². The summed E-state index contributed by atoms with van der Waals surface area (Å²) in [4.78, 5) is 37.3. The van der Waals surface area contributed by atoms with E-state index < -0.39 is 49.8 Å². The van der Waals surface area contributed by atoms with Gasteiger partial charge in [0.2, 0.25) is 0 Å². The van der Waals surface area contributed by atoms with E-state index in [2.05, 4.69) is 5.32 Å². The van der Waals surface area contributed by atoms with Gasteiger partial charge in [-0.15, -0.1) is 0 Å². The van der Waals surface area contributed by atoms with Crippen molar-refractivity contribution in [3.63, 3.8) is 0 Å². The van der Waals surface area contributed by atoms with Gasteiger partial charge in [0.25, 0.3) is 0 Å². The lowest BCUT2D eigenvalue weighted by atomic mass is 10.1. The van der Waals surface area contributed by atoms with Crippen molar-refractivity contribution in [3.05, 3.63) is 0 Å². The Morgan fingerprint density at radius 3 is 1.87 bits per heavy atom. The molecule has 3 unspecified atom stereocenters. The van der Waals surface area contributed by atoms with Crippen LogP contribution >= 0.6 is 0 Å². The van der Waals surface area contributed by atoms with Crippen molar-refractivity contribution in [2.45, 2.75) is 12.1 Å². The molecule has 1 fully saturated rings. The summed E-state index contributed by atoms with van der Waals surface area (Å²) in [6, 6.07) is -0.971. The number of aliphatic carboxylic acids is 3. The number of hydrogen-bond donors (Lipinski definition) is 7. The highest BCUT2D eigenvalue weighted by molar-refractivity contribution is 5.69. The highest BCUT2D eigenvalue weighted by Gasteiger charge is 2.42. The molecule has 1 heterocycles. The number of carboxylic acid groups (broad SMARTS) is 3. The molecule has 0 radical (unpaired) electrons. The molecule has 0 aromatic heterocycles. The molecule has 180 valence electrons. The smallest absolute Gasteiger partial charge is 0.359 e. The van der Waals surface area contributed by atoms with Gasteiger partial charge in [-0.3, -0.25) is 19.4 Å². The standard InChI is InChI=1S/C18H34N4O9/c23-12-14(15(25)13-24)22(11-18(30)31)7-2-19-1-3-20(9-16(26)27)4-5-21(6-8-22)10-17(28)29/h14-15,19,23-25H,1-13H2,(H2-,26,27,28,29,30,31)/p+1. The van der Waals surface area contributed by atoms with Crippen LogP contribution < -0.4 is 5.32 Å². The maximum atomic E-state index is 11.7. The normalized spacial score (nSPS) is 24.5. The highest BCUT2D eigenvalue weighted by atomic mass is 16.4. The van der Waals surface area contributed by atoms with E-state index in [4.69, 9.17) is 5.11 Å². The van der Waals surface area contributed by atoms with Crippen molar-refractivity contribution in [1.82, 2.24) is 15.1 Å². The molecule has 1 rings (SSSR count). The molecule has 0 bridgehead atoms. The summed E-state index contributed by atoms with van der Waals surface area (Å²) < 4.78 is -0.241. The number of nitrogens with zero attached hydrogens (tertiary/aromatic N) is 3. The summed E-state index contributed by atoms with van der Waals surface area (Å²) in [5.41, 5.74) is 0. The monoisotopic (exact) mass is 451 g/mol. The minimum Gasteiger partial charge on any atom is -0.480 e. The number of aliphatic hydroxyl groups is 3. The summed E-state index contributed by atoms with van der Waals surface area (Å²) >= 11 is 0. The average Bonchev–Trinajstić information content (AvgIpc) is 2.67. The van der Waals surface area contributed by atoms with E-state index in [-0.39, 0.29) is 43.8 Å². The topological polar surface area (TPSA) is 191 Å². The molecular formula is C18H35N4O9+. The lowest BCUT2D eigenvalue weighted by Gasteiger charge is -2.45. The molecule has 0 spiro atoms. The van der Waals surface area contributed by atoms with Crippen LogP contribution in [0.4, 0.5) is 0 Å². The lowest BCUT2D eigenvalue weighted by Crippen LogP contribution is -2.67. The zero-order valence-electron chi connectivity index (χ0n) is 17.6. The van der Waals surface area contributed by atoms with E-state index in [1.54, 1.807) is 9.80 Å². The Labute approximate surface area is 180 Å². The van der Waals surface area contributed by atoms with Crippen LogP contribution in [0, 0.1) is 0 Å². The maximum absolute atomic E-state index is 11.7. The SMILES string of the molecule is O=C(O)CN1CCNCC[N+](CC(=O)O)(C(CO)C(O)CO)CCN(CC(=O)O)CC1. The fourth-order valence-corrected chi connectivity index (χ4v) is 3.98. The first-order valence-corrected chi connectivity index (χ1v) is 10.2. The largest absolute Gasteiger partial charge is 0.480 e. The first kappa shape index (κ1) is 27.2. The van der Waals surface area contributed by atoms with Gasteiger partial charge in [-0.2, -0.15) is 0 Å². The molecule has 0 amide bonds. The number of nitrogens with one attached hydrogen (secondary N) is 1. The van der Waals surface area contributed by atoms with Gasteiger partial charge < -0.3 is 40.4 Å².